The van der Waals surface area contributed by atoms with Crippen molar-refractivity contribution in [1.29, 1.82) is 0 Å². The summed E-state index contributed by atoms with van der Waals surface area (Å²) in [5.74, 6) is -0.228. The van der Waals surface area contributed by atoms with E-state index in [0.717, 1.165) is 18.5 Å². The summed E-state index contributed by atoms with van der Waals surface area (Å²) in [6.45, 7) is 4.71. The van der Waals surface area contributed by atoms with Crippen LogP contribution in [0.5, 0.6) is 0 Å². The molecule has 0 fully saturated rings. The van der Waals surface area contributed by atoms with Crippen LogP contribution in [-0.2, 0) is 17.9 Å². The first-order chi connectivity index (χ1) is 10.5. The molecule has 0 aliphatic carbocycles. The Kier molecular flexibility index (Phi) is 4.87. The molecule has 0 unspecified atom stereocenters. The fourth-order valence-corrected chi connectivity index (χ4v) is 2.03. The number of carbonyl (C=O) groups excluding carboxylic acids is 1. The van der Waals surface area contributed by atoms with E-state index in [1.165, 1.54) is 10.9 Å². The van der Waals surface area contributed by atoms with E-state index in [4.69, 9.17) is 0 Å². The number of aryl methyl sites for hydroxylation is 3. The summed E-state index contributed by atoms with van der Waals surface area (Å²) in [5.41, 5.74) is 1.31. The highest BCUT2D eigenvalue weighted by Gasteiger charge is 2.16. The van der Waals surface area contributed by atoms with Crippen molar-refractivity contribution in [3.63, 3.8) is 0 Å². The fraction of sp³-hybridized carbons (Fsp3) is 0.462. The molecule has 0 bridgehead atoms. The van der Waals surface area contributed by atoms with Crippen molar-refractivity contribution in [2.45, 2.75) is 33.4 Å². The van der Waals surface area contributed by atoms with Gasteiger partial charge in [-0.05, 0) is 25.8 Å². The van der Waals surface area contributed by atoms with E-state index in [-0.39, 0.29) is 18.1 Å². The van der Waals surface area contributed by atoms with Crippen LogP contribution >= 0.6 is 0 Å². The van der Waals surface area contributed by atoms with Gasteiger partial charge in [0.2, 0.25) is 5.91 Å². The molecule has 0 saturated carbocycles. The van der Waals surface area contributed by atoms with Crippen molar-refractivity contribution >= 4 is 11.6 Å². The van der Waals surface area contributed by atoms with Gasteiger partial charge >= 0.3 is 5.69 Å². The summed E-state index contributed by atoms with van der Waals surface area (Å²) in [6, 6.07) is 0. The van der Waals surface area contributed by atoms with Crippen molar-refractivity contribution in [3.05, 3.63) is 40.0 Å². The molecule has 118 valence electrons. The zero-order chi connectivity index (χ0) is 16.1. The van der Waals surface area contributed by atoms with E-state index in [0.29, 0.717) is 12.2 Å². The number of hydrogen-bond acceptors (Lipinski definition) is 5. The van der Waals surface area contributed by atoms with E-state index in [9.17, 15) is 14.9 Å². The highest BCUT2D eigenvalue weighted by atomic mass is 16.6. The van der Waals surface area contributed by atoms with Gasteiger partial charge in [0.15, 0.2) is 0 Å². The van der Waals surface area contributed by atoms with Crippen LogP contribution in [0, 0.1) is 24.0 Å². The van der Waals surface area contributed by atoms with Gasteiger partial charge in [0.05, 0.1) is 11.1 Å². The molecule has 0 aliphatic heterocycles. The van der Waals surface area contributed by atoms with E-state index in [2.05, 4.69) is 15.5 Å². The smallest absolute Gasteiger partial charge is 0.309 e. The number of hydrogen-bond donors (Lipinski definition) is 1. The molecule has 1 N–H and O–H groups in total. The van der Waals surface area contributed by atoms with Crippen LogP contribution in [0.4, 0.5) is 5.69 Å². The number of aromatic nitrogens is 4. The second-order valence-corrected chi connectivity index (χ2v) is 5.04. The Labute approximate surface area is 127 Å². The molecule has 1 amide bonds. The third-order valence-corrected chi connectivity index (χ3v) is 3.07. The van der Waals surface area contributed by atoms with Crippen LogP contribution in [0.1, 0.15) is 17.7 Å². The predicted molar refractivity (Wildman–Crippen MR) is 78.2 cm³/mol. The minimum absolute atomic E-state index is 0.0322. The van der Waals surface area contributed by atoms with Crippen molar-refractivity contribution in [3.8, 4) is 0 Å². The molecule has 0 aromatic carbocycles. The summed E-state index contributed by atoms with van der Waals surface area (Å²) < 4.78 is 3.10. The van der Waals surface area contributed by atoms with Gasteiger partial charge in [-0.15, -0.1) is 0 Å². The summed E-state index contributed by atoms with van der Waals surface area (Å²) >= 11 is 0. The van der Waals surface area contributed by atoms with Gasteiger partial charge in [-0.25, -0.2) is 0 Å². The average molecular weight is 306 g/mol. The Bertz CT molecular complexity index is 675. The number of nitro groups is 1. The quantitative estimate of drug-likeness (QED) is 0.462. The highest BCUT2D eigenvalue weighted by molar-refractivity contribution is 5.75. The maximum atomic E-state index is 11.8. The minimum atomic E-state index is -0.511. The van der Waals surface area contributed by atoms with Crippen LogP contribution in [0.3, 0.4) is 0 Å². The Balaban J connectivity index is 1.73. The van der Waals surface area contributed by atoms with Crippen LogP contribution in [0.15, 0.2) is 18.6 Å². The van der Waals surface area contributed by atoms with E-state index in [1.54, 1.807) is 13.1 Å². The second-order valence-electron chi connectivity index (χ2n) is 5.04. The molecule has 0 saturated heterocycles. The highest BCUT2D eigenvalue weighted by Crippen LogP contribution is 2.14. The first-order valence-electron chi connectivity index (χ1n) is 6.90. The maximum Gasteiger partial charge on any atom is 0.309 e. The summed E-state index contributed by atoms with van der Waals surface area (Å²) in [6.07, 6.45) is 5.74. The monoisotopic (exact) mass is 306 g/mol. The number of carbonyl (C=O) groups is 1. The molecule has 2 aromatic rings. The maximum absolute atomic E-state index is 11.8. The molecule has 0 atom stereocenters. The summed E-state index contributed by atoms with van der Waals surface area (Å²) in [5, 5.41) is 21.6. The molecule has 2 heterocycles. The van der Waals surface area contributed by atoms with E-state index in [1.807, 2.05) is 17.8 Å². The lowest BCUT2D eigenvalue weighted by Crippen LogP contribution is -2.29. The third kappa shape index (κ3) is 4.14. The molecule has 9 heteroatoms. The molecule has 0 radical (unpaired) electrons. The molecule has 2 rings (SSSR count). The van der Waals surface area contributed by atoms with Crippen molar-refractivity contribution in [2.24, 2.45) is 0 Å². The summed E-state index contributed by atoms with van der Waals surface area (Å²) in [4.78, 5) is 22.0. The number of rotatable bonds is 7. The standard InChI is InChI=1S/C13H18N6O3/c1-10-6-15-17(7-10)5-3-4-14-13(20)9-18-8-12(19(21)22)11(2)16-18/h6-8H,3-5,9H2,1-2H3,(H,14,20). The number of nitrogens with one attached hydrogen (secondary N) is 1. The largest absolute Gasteiger partial charge is 0.354 e. The zero-order valence-electron chi connectivity index (χ0n) is 12.5. The van der Waals surface area contributed by atoms with Gasteiger partial charge in [0, 0.05) is 19.3 Å². The van der Waals surface area contributed by atoms with Crippen molar-refractivity contribution in [2.75, 3.05) is 6.54 Å². The van der Waals surface area contributed by atoms with E-state index < -0.39 is 4.92 Å². The van der Waals surface area contributed by atoms with Crippen molar-refractivity contribution < 1.29 is 9.72 Å². The zero-order valence-corrected chi connectivity index (χ0v) is 12.5. The Morgan fingerprint density at radius 2 is 2.14 bits per heavy atom. The topological polar surface area (TPSA) is 108 Å². The van der Waals surface area contributed by atoms with Crippen LogP contribution < -0.4 is 5.32 Å². The molecule has 9 nitrogen and oxygen atoms in total. The average Bonchev–Trinajstić information content (AvgIpc) is 3.01. The normalized spacial score (nSPS) is 10.6. The van der Waals surface area contributed by atoms with Gasteiger partial charge in [0.25, 0.3) is 0 Å². The van der Waals surface area contributed by atoms with E-state index >= 15 is 0 Å². The third-order valence-electron chi connectivity index (χ3n) is 3.07. The fourth-order valence-electron chi connectivity index (χ4n) is 2.03. The van der Waals surface area contributed by atoms with Crippen LogP contribution in [0.2, 0.25) is 0 Å². The summed E-state index contributed by atoms with van der Waals surface area (Å²) in [7, 11) is 0. The predicted octanol–water partition coefficient (Wildman–Crippen LogP) is 0.811. The molecule has 0 spiro atoms. The lowest BCUT2D eigenvalue weighted by atomic mass is 10.4. The lowest BCUT2D eigenvalue weighted by Gasteiger charge is -2.05. The number of nitrogens with zero attached hydrogens (tertiary/aromatic N) is 5. The molecule has 2 aromatic heterocycles. The van der Waals surface area contributed by atoms with Gasteiger partial charge < -0.3 is 5.32 Å². The first-order valence-corrected chi connectivity index (χ1v) is 6.90. The first kappa shape index (κ1) is 15.7. The van der Waals surface area contributed by atoms with Crippen LogP contribution in [-0.4, -0.2) is 36.9 Å². The van der Waals surface area contributed by atoms with Gasteiger partial charge in [-0.1, -0.05) is 0 Å². The Morgan fingerprint density at radius 3 is 2.73 bits per heavy atom. The lowest BCUT2D eigenvalue weighted by molar-refractivity contribution is -0.385. The van der Waals surface area contributed by atoms with Crippen LogP contribution in [0.25, 0.3) is 0 Å². The van der Waals surface area contributed by atoms with Crippen molar-refractivity contribution in [1.82, 2.24) is 24.9 Å². The van der Waals surface area contributed by atoms with Gasteiger partial charge in [0.1, 0.15) is 18.4 Å². The minimum Gasteiger partial charge on any atom is -0.354 e. The molecule has 22 heavy (non-hydrogen) atoms. The Morgan fingerprint density at radius 1 is 1.36 bits per heavy atom. The molecular weight excluding hydrogens is 288 g/mol. The van der Waals surface area contributed by atoms with Gasteiger partial charge in [-0.3, -0.25) is 24.3 Å². The SMILES string of the molecule is Cc1cnn(CCCNC(=O)Cn2cc([N+](=O)[O-])c(C)n2)c1. The Hall–Kier alpha value is -2.71. The molecule has 0 aliphatic rings. The van der Waals surface area contributed by atoms with Gasteiger partial charge in [-0.2, -0.15) is 10.2 Å². The molecular formula is C13H18N6O3. The number of amides is 1. The second kappa shape index (κ2) is 6.83.